The Balaban J connectivity index is 1.53. The summed E-state index contributed by atoms with van der Waals surface area (Å²) in [5.41, 5.74) is 8.69. The molecule has 1 aliphatic heterocycles. The van der Waals surface area contributed by atoms with E-state index in [-0.39, 0.29) is 5.91 Å². The number of aromatic nitrogens is 2. The molecule has 0 radical (unpaired) electrons. The zero-order valence-corrected chi connectivity index (χ0v) is 17.4. The number of fused-ring (bicyclic) bond motifs is 1. The first-order valence-corrected chi connectivity index (χ1v) is 9.80. The topological polar surface area (TPSA) is 93.8 Å². The van der Waals surface area contributed by atoms with Gasteiger partial charge in [0.1, 0.15) is 5.82 Å². The number of amides is 1. The summed E-state index contributed by atoms with van der Waals surface area (Å²) in [5, 5.41) is 0.713. The molecule has 4 rings (SSSR count). The molecule has 3 aromatic rings. The molecule has 0 aliphatic carbocycles. The normalized spacial score (nSPS) is 14.1. The Bertz CT molecular complexity index is 1090. The fraction of sp³-hybridized carbons (Fsp3) is 0.318. The predicted octanol–water partition coefficient (Wildman–Crippen LogP) is 2.50. The summed E-state index contributed by atoms with van der Waals surface area (Å²) in [4.78, 5) is 25.9. The van der Waals surface area contributed by atoms with Crippen LogP contribution in [0.1, 0.15) is 15.9 Å². The summed E-state index contributed by atoms with van der Waals surface area (Å²) in [6, 6.07) is 11.3. The molecule has 0 bridgehead atoms. The Morgan fingerprint density at radius 1 is 1.00 bits per heavy atom. The van der Waals surface area contributed by atoms with Gasteiger partial charge in [0.25, 0.3) is 5.91 Å². The van der Waals surface area contributed by atoms with Crippen LogP contribution in [0.3, 0.4) is 0 Å². The molecule has 0 atom stereocenters. The van der Waals surface area contributed by atoms with Crippen LogP contribution in [0.25, 0.3) is 10.9 Å². The number of anilines is 2. The number of aryl methyl sites for hydroxylation is 1. The molecule has 1 amide bonds. The highest BCUT2D eigenvalue weighted by Gasteiger charge is 2.24. The van der Waals surface area contributed by atoms with E-state index in [1.807, 2.05) is 41.0 Å². The van der Waals surface area contributed by atoms with Crippen LogP contribution >= 0.6 is 0 Å². The third kappa shape index (κ3) is 3.68. The number of carbonyl (C=O) groups is 1. The van der Waals surface area contributed by atoms with Gasteiger partial charge in [0.2, 0.25) is 5.95 Å². The predicted molar refractivity (Wildman–Crippen MR) is 116 cm³/mol. The lowest BCUT2D eigenvalue weighted by atomic mass is 10.1. The van der Waals surface area contributed by atoms with Crippen LogP contribution in [0.2, 0.25) is 0 Å². The van der Waals surface area contributed by atoms with E-state index in [0.29, 0.717) is 60.3 Å². The molecule has 2 N–H and O–H groups in total. The van der Waals surface area contributed by atoms with E-state index in [1.165, 1.54) is 0 Å². The maximum atomic E-state index is 12.8. The van der Waals surface area contributed by atoms with Crippen LogP contribution in [0.15, 0.2) is 36.4 Å². The lowest BCUT2D eigenvalue weighted by molar-refractivity contribution is 0.0746. The Hall–Kier alpha value is -3.55. The Labute approximate surface area is 175 Å². The molecule has 2 heterocycles. The maximum Gasteiger partial charge on any atom is 0.253 e. The first-order chi connectivity index (χ1) is 14.5. The summed E-state index contributed by atoms with van der Waals surface area (Å²) in [6.07, 6.45) is 0. The monoisotopic (exact) mass is 407 g/mol. The molecule has 1 saturated heterocycles. The van der Waals surface area contributed by atoms with E-state index in [2.05, 4.69) is 9.97 Å². The fourth-order valence-electron chi connectivity index (χ4n) is 3.68. The molecule has 156 valence electrons. The summed E-state index contributed by atoms with van der Waals surface area (Å²) >= 11 is 0. The zero-order chi connectivity index (χ0) is 21.3. The largest absolute Gasteiger partial charge is 0.493 e. The average Bonchev–Trinajstić information content (AvgIpc) is 2.77. The number of rotatable bonds is 4. The Kier molecular flexibility index (Phi) is 5.31. The number of methoxy groups -OCH3 is 2. The maximum absolute atomic E-state index is 12.8. The quantitative estimate of drug-likeness (QED) is 0.710. The third-order valence-corrected chi connectivity index (χ3v) is 5.33. The number of carbonyl (C=O) groups excluding carboxylic acids is 1. The van der Waals surface area contributed by atoms with Gasteiger partial charge in [0, 0.05) is 43.2 Å². The molecular formula is C22H25N5O3. The number of nitrogen functional groups attached to an aromatic ring is 1. The van der Waals surface area contributed by atoms with E-state index >= 15 is 0 Å². The molecule has 1 aromatic heterocycles. The number of piperazine rings is 1. The van der Waals surface area contributed by atoms with Gasteiger partial charge < -0.3 is 25.0 Å². The van der Waals surface area contributed by atoms with E-state index in [9.17, 15) is 4.79 Å². The molecule has 0 spiro atoms. The molecule has 8 nitrogen and oxygen atoms in total. The highest BCUT2D eigenvalue weighted by Crippen LogP contribution is 2.34. The van der Waals surface area contributed by atoms with Crippen LogP contribution in [-0.2, 0) is 0 Å². The van der Waals surface area contributed by atoms with Gasteiger partial charge in [-0.2, -0.15) is 4.98 Å². The van der Waals surface area contributed by atoms with Gasteiger partial charge in [-0.05, 0) is 25.1 Å². The van der Waals surface area contributed by atoms with Gasteiger partial charge >= 0.3 is 0 Å². The van der Waals surface area contributed by atoms with Crippen molar-refractivity contribution in [3.63, 3.8) is 0 Å². The van der Waals surface area contributed by atoms with E-state index in [1.54, 1.807) is 26.4 Å². The van der Waals surface area contributed by atoms with Crippen molar-refractivity contribution in [3.05, 3.63) is 47.5 Å². The van der Waals surface area contributed by atoms with Crippen molar-refractivity contribution in [1.82, 2.24) is 14.9 Å². The zero-order valence-electron chi connectivity index (χ0n) is 17.4. The van der Waals surface area contributed by atoms with Gasteiger partial charge in [-0.3, -0.25) is 4.79 Å². The van der Waals surface area contributed by atoms with Crippen LogP contribution < -0.4 is 20.1 Å². The molecule has 8 heteroatoms. The van der Waals surface area contributed by atoms with E-state index in [4.69, 9.17) is 15.2 Å². The molecule has 1 aliphatic rings. The van der Waals surface area contributed by atoms with Crippen molar-refractivity contribution in [1.29, 1.82) is 0 Å². The van der Waals surface area contributed by atoms with Crippen molar-refractivity contribution in [2.75, 3.05) is 51.0 Å². The van der Waals surface area contributed by atoms with Gasteiger partial charge in [-0.25, -0.2) is 4.98 Å². The number of ether oxygens (including phenoxy) is 2. The minimum absolute atomic E-state index is 0.0501. The first kappa shape index (κ1) is 19.8. The number of nitrogens with zero attached hydrogens (tertiary/aromatic N) is 4. The second kappa shape index (κ2) is 8.06. The fourth-order valence-corrected chi connectivity index (χ4v) is 3.68. The first-order valence-electron chi connectivity index (χ1n) is 9.80. The van der Waals surface area contributed by atoms with Gasteiger partial charge in [-0.1, -0.05) is 17.7 Å². The second-order valence-electron chi connectivity index (χ2n) is 7.28. The lowest BCUT2D eigenvalue weighted by Crippen LogP contribution is -2.49. The molecular weight excluding hydrogens is 382 g/mol. The molecule has 2 aromatic carbocycles. The van der Waals surface area contributed by atoms with Gasteiger partial charge in [-0.15, -0.1) is 0 Å². The summed E-state index contributed by atoms with van der Waals surface area (Å²) < 4.78 is 10.7. The third-order valence-electron chi connectivity index (χ3n) is 5.33. The van der Waals surface area contributed by atoms with E-state index < -0.39 is 0 Å². The Morgan fingerprint density at radius 2 is 1.70 bits per heavy atom. The van der Waals surface area contributed by atoms with Crippen LogP contribution in [0.4, 0.5) is 11.8 Å². The molecule has 0 saturated carbocycles. The minimum Gasteiger partial charge on any atom is -0.493 e. The summed E-state index contributed by atoms with van der Waals surface area (Å²) in [7, 11) is 3.16. The van der Waals surface area contributed by atoms with E-state index in [0.717, 1.165) is 11.1 Å². The average molecular weight is 407 g/mol. The van der Waals surface area contributed by atoms with Crippen LogP contribution in [-0.4, -0.2) is 61.2 Å². The lowest BCUT2D eigenvalue weighted by Gasteiger charge is -2.35. The van der Waals surface area contributed by atoms with Crippen molar-refractivity contribution < 1.29 is 14.3 Å². The highest BCUT2D eigenvalue weighted by atomic mass is 16.5. The number of benzene rings is 2. The van der Waals surface area contributed by atoms with Crippen LogP contribution in [0.5, 0.6) is 11.5 Å². The summed E-state index contributed by atoms with van der Waals surface area (Å²) in [6.45, 7) is 4.45. The van der Waals surface area contributed by atoms with Crippen molar-refractivity contribution in [2.45, 2.75) is 6.92 Å². The van der Waals surface area contributed by atoms with Crippen molar-refractivity contribution in [2.24, 2.45) is 0 Å². The molecule has 1 fully saturated rings. The number of hydrogen-bond donors (Lipinski definition) is 1. The smallest absolute Gasteiger partial charge is 0.253 e. The number of hydrogen-bond acceptors (Lipinski definition) is 7. The minimum atomic E-state index is 0.0501. The molecule has 30 heavy (non-hydrogen) atoms. The standard InChI is InChI=1S/C22H25N5O3/c1-14-5-4-6-15(11-14)21(28)26-7-9-27(10-8-26)22-24-17-13-19(30-3)18(29-2)12-16(17)20(23)25-22/h4-6,11-13H,7-10H2,1-3H3,(H2,23,24,25). The highest BCUT2D eigenvalue weighted by molar-refractivity contribution is 5.94. The second-order valence-corrected chi connectivity index (χ2v) is 7.28. The number of nitrogens with two attached hydrogens (primary N) is 1. The summed E-state index contributed by atoms with van der Waals surface area (Å²) in [5.74, 6) is 2.15. The van der Waals surface area contributed by atoms with Crippen molar-refractivity contribution in [3.8, 4) is 11.5 Å². The van der Waals surface area contributed by atoms with Gasteiger partial charge in [0.05, 0.1) is 19.7 Å². The van der Waals surface area contributed by atoms with Crippen molar-refractivity contribution >= 4 is 28.6 Å². The Morgan fingerprint density at radius 3 is 2.37 bits per heavy atom. The van der Waals surface area contributed by atoms with Crippen LogP contribution in [0, 0.1) is 6.92 Å². The molecule has 0 unspecified atom stereocenters. The SMILES string of the molecule is COc1cc2nc(N3CCN(C(=O)c4cccc(C)c4)CC3)nc(N)c2cc1OC. The van der Waals surface area contributed by atoms with Gasteiger partial charge in [0.15, 0.2) is 11.5 Å².